The van der Waals surface area contributed by atoms with Gasteiger partial charge in [0.2, 0.25) is 0 Å². The third-order valence-electron chi connectivity index (χ3n) is 4.94. The maximum atomic E-state index is 12.3. The number of aromatic hydroxyl groups is 1. The fourth-order valence-corrected chi connectivity index (χ4v) is 3.54. The number of carbonyl (C=O) groups excluding carboxylic acids is 1. The number of halogens is 4. The Morgan fingerprint density at radius 3 is 2.59 bits per heavy atom. The summed E-state index contributed by atoms with van der Waals surface area (Å²) in [6, 6.07) is 17.2. The number of hydrogen-bond donors (Lipinski definition) is 2. The normalized spacial score (nSPS) is 11.8. The van der Waals surface area contributed by atoms with Gasteiger partial charge in [-0.15, -0.1) is 13.2 Å². The molecule has 10 heteroatoms. The topological polar surface area (TPSA) is 75.9 Å². The van der Waals surface area contributed by atoms with Crippen LogP contribution in [0.1, 0.15) is 21.5 Å². The van der Waals surface area contributed by atoms with Gasteiger partial charge in [0.05, 0.1) is 11.2 Å². The maximum Gasteiger partial charge on any atom is 0.573 e. The van der Waals surface area contributed by atoms with Gasteiger partial charge in [0.1, 0.15) is 11.5 Å². The molecule has 1 aromatic heterocycles. The van der Waals surface area contributed by atoms with Gasteiger partial charge in [0, 0.05) is 34.8 Å². The van der Waals surface area contributed by atoms with Gasteiger partial charge in [-0.3, -0.25) is 4.79 Å². The van der Waals surface area contributed by atoms with Gasteiger partial charge in [0.15, 0.2) is 0 Å². The van der Waals surface area contributed by atoms with Crippen molar-refractivity contribution in [2.45, 2.75) is 12.9 Å². The molecule has 0 aliphatic heterocycles. The molecule has 0 fully saturated rings. The van der Waals surface area contributed by atoms with E-state index in [1.54, 1.807) is 12.1 Å². The molecule has 0 aliphatic rings. The molecule has 0 unspecified atom stereocenters. The van der Waals surface area contributed by atoms with Gasteiger partial charge in [-0.05, 0) is 48.0 Å². The summed E-state index contributed by atoms with van der Waals surface area (Å²) in [6.07, 6.45) is -1.36. The smallest absolute Gasteiger partial charge is 0.506 e. The maximum absolute atomic E-state index is 12.3. The Bertz CT molecular complexity index is 1370. The summed E-state index contributed by atoms with van der Waals surface area (Å²) in [7, 11) is 0. The van der Waals surface area contributed by atoms with Crippen LogP contribution in [0.15, 0.2) is 78.0 Å². The number of phenolic OH excluding ortho intramolecular Hbond substituents is 1. The van der Waals surface area contributed by atoms with Crippen molar-refractivity contribution in [1.29, 1.82) is 0 Å². The monoisotopic (exact) mass is 487 g/mol. The van der Waals surface area contributed by atoms with E-state index in [9.17, 15) is 23.1 Å². The molecular formula is C24H17ClF3N3O3. The van der Waals surface area contributed by atoms with Crippen molar-refractivity contribution >= 4 is 34.6 Å². The van der Waals surface area contributed by atoms with E-state index in [0.29, 0.717) is 6.54 Å². The van der Waals surface area contributed by atoms with Crippen LogP contribution < -0.4 is 10.2 Å². The summed E-state index contributed by atoms with van der Waals surface area (Å²) < 4.78 is 42.9. The van der Waals surface area contributed by atoms with Gasteiger partial charge in [-0.25, -0.2) is 5.43 Å². The third-order valence-corrected chi connectivity index (χ3v) is 5.24. The zero-order chi connectivity index (χ0) is 24.3. The molecule has 0 spiro atoms. The Kier molecular flexibility index (Phi) is 6.47. The molecule has 174 valence electrons. The molecule has 0 bridgehead atoms. The van der Waals surface area contributed by atoms with Crippen molar-refractivity contribution in [3.63, 3.8) is 0 Å². The van der Waals surface area contributed by atoms with Gasteiger partial charge >= 0.3 is 6.36 Å². The molecule has 1 amide bonds. The fourth-order valence-electron chi connectivity index (χ4n) is 3.36. The number of hydrazone groups is 1. The molecule has 34 heavy (non-hydrogen) atoms. The van der Waals surface area contributed by atoms with Crippen molar-refractivity contribution < 1.29 is 27.8 Å². The van der Waals surface area contributed by atoms with Crippen LogP contribution in [0, 0.1) is 0 Å². The number of amides is 1. The van der Waals surface area contributed by atoms with E-state index in [4.69, 9.17) is 11.6 Å². The highest BCUT2D eigenvalue weighted by Gasteiger charge is 2.30. The minimum Gasteiger partial charge on any atom is -0.506 e. The van der Waals surface area contributed by atoms with Crippen LogP contribution in [0.3, 0.4) is 0 Å². The largest absolute Gasteiger partial charge is 0.573 e. The van der Waals surface area contributed by atoms with Crippen LogP contribution in [0.2, 0.25) is 5.02 Å². The highest BCUT2D eigenvalue weighted by molar-refractivity contribution is 6.32. The van der Waals surface area contributed by atoms with Gasteiger partial charge in [-0.2, -0.15) is 5.10 Å². The first-order valence-electron chi connectivity index (χ1n) is 9.94. The van der Waals surface area contributed by atoms with E-state index >= 15 is 0 Å². The molecule has 4 aromatic rings. The number of ether oxygens (including phenoxy) is 1. The van der Waals surface area contributed by atoms with Gasteiger partial charge in [0.25, 0.3) is 5.91 Å². The Hall–Kier alpha value is -3.98. The molecule has 6 nitrogen and oxygen atoms in total. The first kappa shape index (κ1) is 23.2. The van der Waals surface area contributed by atoms with Crippen LogP contribution in [0.25, 0.3) is 10.9 Å². The number of nitrogens with one attached hydrogen (secondary N) is 1. The zero-order valence-electron chi connectivity index (χ0n) is 17.4. The van der Waals surface area contributed by atoms with Crippen LogP contribution in [0.5, 0.6) is 11.5 Å². The second-order valence-electron chi connectivity index (χ2n) is 7.28. The van der Waals surface area contributed by atoms with E-state index in [2.05, 4.69) is 15.3 Å². The van der Waals surface area contributed by atoms with E-state index in [1.165, 1.54) is 36.5 Å². The lowest BCUT2D eigenvalue weighted by molar-refractivity contribution is -0.274. The quantitative estimate of drug-likeness (QED) is 0.270. The number of carbonyl (C=O) groups is 1. The van der Waals surface area contributed by atoms with Crippen LogP contribution in [-0.4, -0.2) is 28.2 Å². The predicted octanol–water partition coefficient (Wildman–Crippen LogP) is 5.71. The lowest BCUT2D eigenvalue weighted by Crippen LogP contribution is -2.17. The number of hydrogen-bond acceptors (Lipinski definition) is 4. The number of rotatable bonds is 6. The summed E-state index contributed by atoms with van der Waals surface area (Å²) in [6.45, 7) is 0.439. The Morgan fingerprint density at radius 2 is 1.88 bits per heavy atom. The molecule has 3 aromatic carbocycles. The van der Waals surface area contributed by atoms with Crippen LogP contribution in [-0.2, 0) is 6.54 Å². The highest BCUT2D eigenvalue weighted by atomic mass is 35.5. The number of fused-ring (bicyclic) bond motifs is 1. The lowest BCUT2D eigenvalue weighted by atomic mass is 10.1. The molecule has 0 saturated heterocycles. The zero-order valence-corrected chi connectivity index (χ0v) is 18.1. The molecule has 0 radical (unpaired) electrons. The molecule has 4 rings (SSSR count). The molecule has 0 aliphatic carbocycles. The second kappa shape index (κ2) is 9.48. The van der Waals surface area contributed by atoms with Crippen molar-refractivity contribution in [3.05, 3.63) is 94.6 Å². The Balaban J connectivity index is 1.47. The number of benzene rings is 3. The SMILES string of the molecule is O=C(N/N=C/c1cccc2c1ccn2Cc1ccc(OC(F)(F)F)cc1)c1ccc(O)c(Cl)c1. The molecule has 2 N–H and O–H groups in total. The lowest BCUT2D eigenvalue weighted by Gasteiger charge is -2.10. The standard InChI is InChI=1S/C24H17ClF3N3O3/c25-20-12-16(6-9-22(20)32)23(33)30-29-13-17-2-1-3-21-19(17)10-11-31(21)14-15-4-7-18(8-5-15)34-24(26,27)28/h1-13,32H,14H2,(H,30,33)/b29-13+. The average molecular weight is 488 g/mol. The Labute approximate surface area is 196 Å². The van der Waals surface area contributed by atoms with E-state index < -0.39 is 12.3 Å². The first-order valence-corrected chi connectivity index (χ1v) is 10.3. The van der Waals surface area contributed by atoms with E-state index in [0.717, 1.165) is 22.0 Å². The average Bonchev–Trinajstić information content (AvgIpc) is 3.19. The van der Waals surface area contributed by atoms with Gasteiger partial charge < -0.3 is 14.4 Å². The number of phenols is 1. The van der Waals surface area contributed by atoms with E-state index in [-0.39, 0.29) is 22.1 Å². The second-order valence-corrected chi connectivity index (χ2v) is 7.69. The molecule has 0 saturated carbocycles. The molecule has 1 heterocycles. The van der Waals surface area contributed by atoms with Gasteiger partial charge in [-0.1, -0.05) is 35.9 Å². The summed E-state index contributed by atoms with van der Waals surface area (Å²) >= 11 is 5.82. The summed E-state index contributed by atoms with van der Waals surface area (Å²) in [4.78, 5) is 12.2. The van der Waals surface area contributed by atoms with Crippen LogP contribution >= 0.6 is 11.6 Å². The number of aromatic nitrogens is 1. The summed E-state index contributed by atoms with van der Waals surface area (Å²) in [5.74, 6) is -0.881. The first-order chi connectivity index (χ1) is 16.2. The fraction of sp³-hybridized carbons (Fsp3) is 0.0833. The Morgan fingerprint density at radius 1 is 1.12 bits per heavy atom. The highest BCUT2D eigenvalue weighted by Crippen LogP contribution is 2.25. The van der Waals surface area contributed by atoms with Crippen molar-refractivity contribution in [2.24, 2.45) is 5.10 Å². The molecular weight excluding hydrogens is 471 g/mol. The minimum atomic E-state index is -4.73. The van der Waals surface area contributed by atoms with Crippen molar-refractivity contribution in [3.8, 4) is 11.5 Å². The van der Waals surface area contributed by atoms with E-state index in [1.807, 2.05) is 35.0 Å². The predicted molar refractivity (Wildman–Crippen MR) is 122 cm³/mol. The van der Waals surface area contributed by atoms with Crippen molar-refractivity contribution in [2.75, 3.05) is 0 Å². The minimum absolute atomic E-state index is 0.0604. The number of alkyl halides is 3. The van der Waals surface area contributed by atoms with Crippen LogP contribution in [0.4, 0.5) is 13.2 Å². The third kappa shape index (κ3) is 5.49. The summed E-state index contributed by atoms with van der Waals surface area (Å²) in [5.41, 5.74) is 5.11. The number of nitrogens with zero attached hydrogens (tertiary/aromatic N) is 2. The summed E-state index contributed by atoms with van der Waals surface area (Å²) in [5, 5.41) is 14.4. The van der Waals surface area contributed by atoms with Crippen molar-refractivity contribution in [1.82, 2.24) is 9.99 Å². The molecule has 0 atom stereocenters.